The molecule has 1 fully saturated rings. The summed E-state index contributed by atoms with van der Waals surface area (Å²) in [6.45, 7) is 2.11. The second-order valence-electron chi connectivity index (χ2n) is 10.9. The number of carboxylic acid groups (broad SMARTS) is 2. The summed E-state index contributed by atoms with van der Waals surface area (Å²) in [4.78, 5) is 75.7. The summed E-state index contributed by atoms with van der Waals surface area (Å²) < 4.78 is 81.6. The molecule has 0 saturated heterocycles. The van der Waals surface area contributed by atoms with Gasteiger partial charge < -0.3 is 20.8 Å². The first-order chi connectivity index (χ1) is 22.8. The van der Waals surface area contributed by atoms with Crippen LogP contribution in [-0.4, -0.2) is 83.3 Å². The highest BCUT2D eigenvalue weighted by molar-refractivity contribution is 7.99. The number of halogens is 6. The zero-order valence-corrected chi connectivity index (χ0v) is 27.3. The minimum absolute atomic E-state index is 0.0537. The van der Waals surface area contributed by atoms with Crippen LogP contribution in [0.1, 0.15) is 66.4 Å². The van der Waals surface area contributed by atoms with E-state index in [9.17, 15) is 60.5 Å². The normalized spacial score (nSPS) is 19.3. The maximum Gasteiger partial charge on any atom is 0.434 e. The van der Waals surface area contributed by atoms with Crippen molar-refractivity contribution in [2.75, 3.05) is 11.5 Å². The van der Waals surface area contributed by atoms with E-state index in [4.69, 9.17) is 0 Å². The molecule has 1 aliphatic carbocycles. The molecule has 2 heterocycles. The zero-order chi connectivity index (χ0) is 36.7. The maximum atomic E-state index is 14.3. The Labute approximate surface area is 282 Å². The number of alkyl halides is 6. The van der Waals surface area contributed by atoms with Crippen LogP contribution in [0.25, 0.3) is 0 Å². The van der Waals surface area contributed by atoms with Crippen LogP contribution < -0.4 is 10.6 Å². The highest BCUT2D eigenvalue weighted by Crippen LogP contribution is 2.49. The molecule has 0 aromatic carbocycles. The molecule has 0 spiro atoms. The summed E-state index contributed by atoms with van der Waals surface area (Å²) in [6, 6.07) is -3.02. The van der Waals surface area contributed by atoms with E-state index in [1.807, 2.05) is 0 Å². The average Bonchev–Trinajstić information content (AvgIpc) is 3.00. The molecule has 2 amide bonds. The number of carbonyl (C=O) groups is 5. The highest BCUT2D eigenvalue weighted by atomic mass is 32.2. The van der Waals surface area contributed by atoms with Crippen molar-refractivity contribution in [3.05, 3.63) is 47.6 Å². The summed E-state index contributed by atoms with van der Waals surface area (Å²) in [7, 11) is 0. The Morgan fingerprint density at radius 1 is 0.755 bits per heavy atom. The largest absolute Gasteiger partial charge is 0.480 e. The number of Topliss-reactive ketones (excluding diaryl/α,β-unsaturated/α-hetero) is 1. The minimum atomic E-state index is -4.93. The third-order valence-electron chi connectivity index (χ3n) is 7.20. The van der Waals surface area contributed by atoms with Crippen molar-refractivity contribution in [3.8, 4) is 0 Å². The van der Waals surface area contributed by atoms with Gasteiger partial charge in [0, 0.05) is 49.6 Å². The number of amides is 2. The van der Waals surface area contributed by atoms with E-state index < -0.39 is 99.2 Å². The van der Waals surface area contributed by atoms with Crippen LogP contribution in [0.5, 0.6) is 0 Å². The van der Waals surface area contributed by atoms with Crippen LogP contribution in [0.3, 0.4) is 0 Å². The Morgan fingerprint density at radius 2 is 1.12 bits per heavy atom. The second kappa shape index (κ2) is 16.6. The summed E-state index contributed by atoms with van der Waals surface area (Å²) in [5.41, 5.74) is -3.44. The van der Waals surface area contributed by atoms with Gasteiger partial charge in [-0.25, -0.2) is 19.6 Å². The number of carboxylic acids is 2. The van der Waals surface area contributed by atoms with Crippen LogP contribution >= 0.6 is 23.5 Å². The zero-order valence-electron chi connectivity index (χ0n) is 25.6. The van der Waals surface area contributed by atoms with Gasteiger partial charge >= 0.3 is 24.3 Å². The number of rotatable bonds is 14. The molecule has 2 aromatic heterocycles. The van der Waals surface area contributed by atoms with Crippen molar-refractivity contribution < 1.29 is 60.5 Å². The number of carbonyl (C=O) groups excluding carboxylic acids is 3. The van der Waals surface area contributed by atoms with Gasteiger partial charge in [0.1, 0.15) is 17.9 Å². The lowest BCUT2D eigenvalue weighted by Gasteiger charge is -2.36. The van der Waals surface area contributed by atoms with Crippen LogP contribution in [0.15, 0.2) is 24.8 Å². The maximum absolute atomic E-state index is 14.3. The van der Waals surface area contributed by atoms with E-state index in [0.29, 0.717) is 12.4 Å². The third-order valence-corrected chi connectivity index (χ3v) is 10.1. The molecule has 1 saturated carbocycles. The van der Waals surface area contributed by atoms with Crippen LogP contribution in [0.2, 0.25) is 0 Å². The molecule has 13 nitrogen and oxygen atoms in total. The molecule has 6 unspecified atom stereocenters. The highest BCUT2D eigenvalue weighted by Gasteiger charge is 2.44. The fourth-order valence-corrected chi connectivity index (χ4v) is 7.91. The number of nitrogens with zero attached hydrogens (tertiary/aromatic N) is 4. The molecule has 0 bridgehead atoms. The van der Waals surface area contributed by atoms with Crippen LogP contribution in [-0.2, 0) is 36.3 Å². The molecule has 4 N–H and O–H groups in total. The molecule has 268 valence electrons. The average molecular weight is 741 g/mol. The number of nitrogens with one attached hydrogen (secondary N) is 2. The van der Waals surface area contributed by atoms with Gasteiger partial charge in [-0.05, 0) is 12.8 Å². The Morgan fingerprint density at radius 3 is 1.43 bits per heavy atom. The molecular formula is C28H30F6N6O7S2. The van der Waals surface area contributed by atoms with Crippen molar-refractivity contribution in [3.63, 3.8) is 0 Å². The summed E-state index contributed by atoms with van der Waals surface area (Å²) in [5, 5.41) is 21.1. The van der Waals surface area contributed by atoms with Gasteiger partial charge in [-0.2, -0.15) is 26.3 Å². The predicted octanol–water partition coefficient (Wildman–Crippen LogP) is 3.72. The first-order valence-corrected chi connectivity index (χ1v) is 16.4. The molecule has 49 heavy (non-hydrogen) atoms. The number of ketones is 1. The second-order valence-corrected chi connectivity index (χ2v) is 13.2. The van der Waals surface area contributed by atoms with Crippen molar-refractivity contribution >= 4 is 53.1 Å². The van der Waals surface area contributed by atoms with Crippen molar-refractivity contribution in [2.45, 2.75) is 68.0 Å². The molecular weight excluding hydrogens is 710 g/mol. The predicted molar refractivity (Wildman–Crippen MR) is 161 cm³/mol. The lowest BCUT2D eigenvalue weighted by atomic mass is 9.76. The van der Waals surface area contributed by atoms with E-state index >= 15 is 0 Å². The lowest BCUT2D eigenvalue weighted by molar-refractivity contribution is -0.142. The van der Waals surface area contributed by atoms with Gasteiger partial charge in [-0.15, -0.1) is 23.5 Å². The topological polar surface area (TPSA) is 201 Å². The van der Waals surface area contributed by atoms with Gasteiger partial charge in [0.25, 0.3) is 0 Å². The van der Waals surface area contributed by atoms with Gasteiger partial charge in [-0.3, -0.25) is 24.4 Å². The first kappa shape index (κ1) is 39.4. The van der Waals surface area contributed by atoms with Crippen LogP contribution in [0.4, 0.5) is 26.3 Å². The fraction of sp³-hybridized carbons (Fsp3) is 0.536. The van der Waals surface area contributed by atoms with Gasteiger partial charge in [0.2, 0.25) is 11.8 Å². The van der Waals surface area contributed by atoms with Crippen LogP contribution in [0, 0.1) is 11.8 Å². The first-order valence-electron chi connectivity index (χ1n) is 14.3. The number of aromatic nitrogens is 4. The monoisotopic (exact) mass is 740 g/mol. The van der Waals surface area contributed by atoms with E-state index in [1.54, 1.807) is 0 Å². The smallest absolute Gasteiger partial charge is 0.434 e. The van der Waals surface area contributed by atoms with Gasteiger partial charge in [-0.1, -0.05) is 6.42 Å². The molecule has 21 heteroatoms. The number of hydrogen-bond donors (Lipinski definition) is 4. The SMILES string of the molecule is CC(=O)NC(CSC(c1cncc(C(F)(F)F)n1)C1CCCC(C(SCC(NC(C)=O)C(=O)O)c2cncc(C(F)(F)F)n2)C1=O)C(=O)O. The number of aliphatic carboxylic acids is 2. The summed E-state index contributed by atoms with van der Waals surface area (Å²) in [6.07, 6.45) is -6.67. The van der Waals surface area contributed by atoms with E-state index in [-0.39, 0.29) is 30.7 Å². The number of thioether (sulfide) groups is 2. The molecule has 0 aliphatic heterocycles. The van der Waals surface area contributed by atoms with E-state index in [0.717, 1.165) is 49.8 Å². The number of hydrogen-bond acceptors (Lipinski definition) is 11. The Kier molecular flexibility index (Phi) is 13.4. The van der Waals surface area contributed by atoms with Gasteiger partial charge in [0.15, 0.2) is 11.4 Å². The quantitative estimate of drug-likeness (QED) is 0.205. The third kappa shape index (κ3) is 11.0. The summed E-state index contributed by atoms with van der Waals surface area (Å²) >= 11 is 1.46. The Bertz CT molecular complexity index is 1440. The Hall–Kier alpha value is -4.01. The van der Waals surface area contributed by atoms with E-state index in [2.05, 4.69) is 30.6 Å². The van der Waals surface area contributed by atoms with Crippen molar-refractivity contribution in [2.24, 2.45) is 11.8 Å². The van der Waals surface area contributed by atoms with Crippen molar-refractivity contribution in [1.29, 1.82) is 0 Å². The van der Waals surface area contributed by atoms with E-state index in [1.165, 1.54) is 0 Å². The molecule has 0 radical (unpaired) electrons. The Balaban J connectivity index is 2.08. The standard InChI is InChI=1S/C28H30F6N6O7S2/c1-12(41)37-18(25(44)45)10-48-23(16-6-35-8-20(39-16)27(29,30)31)14-4-3-5-15(22(14)43)24(49-11-19(26(46)47)38-13(2)42)17-7-36-9-21(40-17)28(32,33)34/h6-9,14-15,18-19,23-24H,3-5,10-11H2,1-2H3,(H,37,41)(H,38,42)(H,44,45)(H,46,47). The van der Waals surface area contributed by atoms with Crippen molar-refractivity contribution in [1.82, 2.24) is 30.6 Å². The lowest BCUT2D eigenvalue weighted by Crippen LogP contribution is -2.42. The van der Waals surface area contributed by atoms with Gasteiger partial charge in [0.05, 0.1) is 34.3 Å². The molecule has 6 atom stereocenters. The fourth-order valence-electron chi connectivity index (χ4n) is 5.08. The summed E-state index contributed by atoms with van der Waals surface area (Å²) in [5.74, 6) is -8.18. The molecule has 3 rings (SSSR count). The minimum Gasteiger partial charge on any atom is -0.480 e. The molecule has 2 aromatic rings. The molecule has 1 aliphatic rings.